The highest BCUT2D eigenvalue weighted by Gasteiger charge is 2.16. The number of anilines is 1. The van der Waals surface area contributed by atoms with Gasteiger partial charge in [0.1, 0.15) is 17.0 Å². The third-order valence-electron chi connectivity index (χ3n) is 4.60. The van der Waals surface area contributed by atoms with Gasteiger partial charge in [-0.3, -0.25) is 4.79 Å². The number of carbonyl (C=O) groups excluding carboxylic acids is 1. The molecule has 2 aromatic heterocycles. The summed E-state index contributed by atoms with van der Waals surface area (Å²) in [5.74, 6) is 2.65. The van der Waals surface area contributed by atoms with E-state index in [1.54, 1.807) is 0 Å². The molecule has 0 unspecified atom stereocenters. The number of carbonyl (C=O) groups is 1. The van der Waals surface area contributed by atoms with E-state index in [1.165, 1.54) is 11.3 Å². The predicted octanol–water partition coefficient (Wildman–Crippen LogP) is 4.86. The summed E-state index contributed by atoms with van der Waals surface area (Å²) in [6.45, 7) is 2.77. The molecule has 1 amide bonds. The largest absolute Gasteiger partial charge is 0.494 e. The number of aromatic nitrogens is 1. The van der Waals surface area contributed by atoms with E-state index in [2.05, 4.69) is 10.3 Å². The highest BCUT2D eigenvalue weighted by molar-refractivity contribution is 7.14. The van der Waals surface area contributed by atoms with Gasteiger partial charge in [-0.25, -0.2) is 4.98 Å². The van der Waals surface area contributed by atoms with Gasteiger partial charge in [0.25, 0.3) is 0 Å². The van der Waals surface area contributed by atoms with Gasteiger partial charge in [0.15, 0.2) is 22.4 Å². The number of fused-ring (bicyclic) bond motifs is 2. The van der Waals surface area contributed by atoms with Gasteiger partial charge >= 0.3 is 0 Å². The van der Waals surface area contributed by atoms with E-state index in [-0.39, 0.29) is 19.1 Å². The molecule has 3 heterocycles. The molecule has 0 spiro atoms. The monoisotopic (exact) mass is 422 g/mol. The maximum absolute atomic E-state index is 12.4. The topological polar surface area (TPSA) is 82.8 Å². The summed E-state index contributed by atoms with van der Waals surface area (Å²) in [5, 5.41) is 6.16. The zero-order valence-corrected chi connectivity index (χ0v) is 17.0. The quantitative estimate of drug-likeness (QED) is 0.478. The third kappa shape index (κ3) is 3.69. The van der Waals surface area contributed by atoms with E-state index in [9.17, 15) is 4.79 Å². The molecule has 152 valence electrons. The second-order valence-corrected chi connectivity index (χ2v) is 7.55. The van der Waals surface area contributed by atoms with Crippen LogP contribution in [0.15, 0.2) is 52.3 Å². The fourth-order valence-electron chi connectivity index (χ4n) is 3.25. The standard InChI is InChI=1S/C22H18N2O5S/c1-2-26-15-4-6-17-14(9-15)10-19(29-17)16-11-30-22(23-16)24-21(25)8-13-3-5-18-20(7-13)28-12-27-18/h3-7,9-11H,2,8,12H2,1H3,(H,23,24,25). The van der Waals surface area contributed by atoms with Crippen molar-refractivity contribution >= 4 is 33.3 Å². The lowest BCUT2D eigenvalue weighted by Gasteiger charge is -2.03. The molecule has 0 saturated carbocycles. The van der Waals surface area contributed by atoms with Gasteiger partial charge in [0.2, 0.25) is 12.7 Å². The molecule has 1 aliphatic heterocycles. The number of furan rings is 1. The Bertz CT molecular complexity index is 1230. The number of ether oxygens (including phenoxy) is 3. The van der Waals surface area contributed by atoms with Crippen LogP contribution in [0.2, 0.25) is 0 Å². The van der Waals surface area contributed by atoms with Crippen LogP contribution in [0, 0.1) is 0 Å². The molecule has 0 saturated heterocycles. The van der Waals surface area contributed by atoms with Gasteiger partial charge in [-0.15, -0.1) is 11.3 Å². The molecule has 0 aliphatic carbocycles. The zero-order valence-electron chi connectivity index (χ0n) is 16.1. The highest BCUT2D eigenvalue weighted by atomic mass is 32.1. The Kier molecular flexibility index (Phi) is 4.76. The van der Waals surface area contributed by atoms with Gasteiger partial charge in [-0.1, -0.05) is 6.07 Å². The highest BCUT2D eigenvalue weighted by Crippen LogP contribution is 2.33. The Hall–Kier alpha value is -3.52. The lowest BCUT2D eigenvalue weighted by molar-refractivity contribution is -0.115. The number of nitrogens with one attached hydrogen (secondary N) is 1. The van der Waals surface area contributed by atoms with E-state index in [0.29, 0.717) is 34.7 Å². The Morgan fingerprint density at radius 3 is 2.97 bits per heavy atom. The molecule has 8 heteroatoms. The van der Waals surface area contributed by atoms with Crippen LogP contribution < -0.4 is 19.5 Å². The van der Waals surface area contributed by atoms with E-state index >= 15 is 0 Å². The molecular weight excluding hydrogens is 404 g/mol. The molecular formula is C22H18N2O5S. The van der Waals surface area contributed by atoms with Crippen LogP contribution in [-0.4, -0.2) is 24.3 Å². The van der Waals surface area contributed by atoms with Crippen LogP contribution in [0.5, 0.6) is 17.2 Å². The summed E-state index contributed by atoms with van der Waals surface area (Å²) >= 11 is 1.35. The van der Waals surface area contributed by atoms with Gasteiger partial charge in [-0.05, 0) is 48.9 Å². The Morgan fingerprint density at radius 1 is 1.17 bits per heavy atom. The molecule has 2 aromatic carbocycles. The van der Waals surface area contributed by atoms with Crippen molar-refractivity contribution in [2.75, 3.05) is 18.7 Å². The summed E-state index contributed by atoms with van der Waals surface area (Å²) in [7, 11) is 0. The first-order valence-corrected chi connectivity index (χ1v) is 10.4. The molecule has 5 rings (SSSR count). The van der Waals surface area contributed by atoms with E-state index in [4.69, 9.17) is 18.6 Å². The molecule has 1 N–H and O–H groups in total. The van der Waals surface area contributed by atoms with Crippen molar-refractivity contribution in [1.29, 1.82) is 0 Å². The fraction of sp³-hybridized carbons (Fsp3) is 0.182. The minimum Gasteiger partial charge on any atom is -0.494 e. The summed E-state index contributed by atoms with van der Waals surface area (Å²) in [4.78, 5) is 16.9. The average Bonchev–Trinajstić information content (AvgIpc) is 3.46. The molecule has 4 aromatic rings. The average molecular weight is 422 g/mol. The molecule has 30 heavy (non-hydrogen) atoms. The minimum atomic E-state index is -0.152. The second-order valence-electron chi connectivity index (χ2n) is 6.69. The number of nitrogens with zero attached hydrogens (tertiary/aromatic N) is 1. The second kappa shape index (κ2) is 7.72. The van der Waals surface area contributed by atoms with E-state index < -0.39 is 0 Å². The molecule has 0 bridgehead atoms. The van der Waals surface area contributed by atoms with Crippen molar-refractivity contribution in [2.24, 2.45) is 0 Å². The maximum Gasteiger partial charge on any atom is 0.231 e. The van der Waals surface area contributed by atoms with Crippen LogP contribution in [0.1, 0.15) is 12.5 Å². The SMILES string of the molecule is CCOc1ccc2oc(-c3csc(NC(=O)Cc4ccc5c(c4)OCO5)n3)cc2c1. The Labute approximate surface area is 176 Å². The molecule has 0 radical (unpaired) electrons. The maximum atomic E-state index is 12.4. The predicted molar refractivity (Wildman–Crippen MR) is 113 cm³/mol. The van der Waals surface area contributed by atoms with Crippen molar-refractivity contribution in [1.82, 2.24) is 4.98 Å². The minimum absolute atomic E-state index is 0.152. The van der Waals surface area contributed by atoms with Gasteiger partial charge in [0, 0.05) is 10.8 Å². The van der Waals surface area contributed by atoms with E-state index in [0.717, 1.165) is 22.3 Å². The van der Waals surface area contributed by atoms with Gasteiger partial charge < -0.3 is 23.9 Å². The number of hydrogen-bond donors (Lipinski definition) is 1. The number of rotatable bonds is 6. The van der Waals surface area contributed by atoms with Crippen LogP contribution in [0.4, 0.5) is 5.13 Å². The summed E-state index contributed by atoms with van der Waals surface area (Å²) in [6, 6.07) is 13.1. The summed E-state index contributed by atoms with van der Waals surface area (Å²) < 4.78 is 22.1. The van der Waals surface area contributed by atoms with E-state index in [1.807, 2.05) is 54.8 Å². The molecule has 0 fully saturated rings. The molecule has 7 nitrogen and oxygen atoms in total. The summed E-state index contributed by atoms with van der Waals surface area (Å²) in [5.41, 5.74) is 2.28. The van der Waals surface area contributed by atoms with Crippen LogP contribution in [0.3, 0.4) is 0 Å². The van der Waals surface area contributed by atoms with Crippen LogP contribution in [-0.2, 0) is 11.2 Å². The fourth-order valence-corrected chi connectivity index (χ4v) is 3.96. The van der Waals surface area contributed by atoms with Crippen molar-refractivity contribution in [3.05, 3.63) is 53.4 Å². The number of hydrogen-bond acceptors (Lipinski definition) is 7. The van der Waals surface area contributed by atoms with Gasteiger partial charge in [-0.2, -0.15) is 0 Å². The Balaban J connectivity index is 1.28. The van der Waals surface area contributed by atoms with Crippen molar-refractivity contribution in [2.45, 2.75) is 13.3 Å². The van der Waals surface area contributed by atoms with Crippen LogP contribution >= 0.6 is 11.3 Å². The van der Waals surface area contributed by atoms with Crippen molar-refractivity contribution in [3.63, 3.8) is 0 Å². The third-order valence-corrected chi connectivity index (χ3v) is 5.36. The van der Waals surface area contributed by atoms with Crippen LogP contribution in [0.25, 0.3) is 22.4 Å². The van der Waals surface area contributed by atoms with Crippen molar-refractivity contribution in [3.8, 4) is 28.7 Å². The van der Waals surface area contributed by atoms with Gasteiger partial charge in [0.05, 0.1) is 13.0 Å². The smallest absolute Gasteiger partial charge is 0.231 e. The summed E-state index contributed by atoms with van der Waals surface area (Å²) in [6.07, 6.45) is 0.219. The first kappa shape index (κ1) is 18.5. The molecule has 1 aliphatic rings. The first-order chi connectivity index (χ1) is 14.7. The number of thiazole rings is 1. The lowest BCUT2D eigenvalue weighted by Crippen LogP contribution is -2.14. The first-order valence-electron chi connectivity index (χ1n) is 9.48. The Morgan fingerprint density at radius 2 is 2.07 bits per heavy atom. The number of amides is 1. The number of benzene rings is 2. The molecule has 0 atom stereocenters. The van der Waals surface area contributed by atoms with Crippen molar-refractivity contribution < 1.29 is 23.4 Å². The normalized spacial score (nSPS) is 12.3. The lowest BCUT2D eigenvalue weighted by atomic mass is 10.1. The zero-order chi connectivity index (χ0) is 20.5.